The maximum absolute atomic E-state index is 13.3. The van der Waals surface area contributed by atoms with Gasteiger partial charge in [-0.2, -0.15) is 10.4 Å². The molecule has 4 heterocycles. The van der Waals surface area contributed by atoms with Crippen LogP contribution in [0.25, 0.3) is 17.3 Å². The fourth-order valence-electron chi connectivity index (χ4n) is 4.08. The number of hydrogen-bond acceptors (Lipinski definition) is 4. The first kappa shape index (κ1) is 18.7. The quantitative estimate of drug-likeness (QED) is 0.637. The zero-order valence-corrected chi connectivity index (χ0v) is 16.5. The van der Waals surface area contributed by atoms with Crippen molar-refractivity contribution in [2.24, 2.45) is 5.41 Å². The zero-order chi connectivity index (χ0) is 20.9. The van der Waals surface area contributed by atoms with Crippen molar-refractivity contribution in [1.82, 2.24) is 24.3 Å². The molecule has 6 nitrogen and oxygen atoms in total. The molecular formula is C22H20F2N6. The monoisotopic (exact) mass is 406 g/mol. The van der Waals surface area contributed by atoms with Gasteiger partial charge < -0.3 is 4.57 Å². The molecule has 0 aromatic carbocycles. The molecule has 8 heteroatoms. The molecule has 0 saturated heterocycles. The third-order valence-corrected chi connectivity index (χ3v) is 5.98. The lowest BCUT2D eigenvalue weighted by atomic mass is 9.92. The molecule has 1 aliphatic carbocycles. The number of hydrogen-bond donors (Lipinski definition) is 0. The van der Waals surface area contributed by atoms with Crippen molar-refractivity contribution in [2.45, 2.75) is 45.1 Å². The molecule has 30 heavy (non-hydrogen) atoms. The van der Waals surface area contributed by atoms with Gasteiger partial charge in [0, 0.05) is 42.1 Å². The number of aryl methyl sites for hydroxylation is 1. The van der Waals surface area contributed by atoms with Crippen LogP contribution in [0, 0.1) is 23.7 Å². The van der Waals surface area contributed by atoms with Gasteiger partial charge in [0.1, 0.15) is 17.6 Å². The van der Waals surface area contributed by atoms with E-state index in [1.165, 1.54) is 0 Å². The van der Waals surface area contributed by atoms with Crippen LogP contribution in [0.2, 0.25) is 0 Å². The van der Waals surface area contributed by atoms with E-state index in [1.807, 2.05) is 30.0 Å². The number of aromatic nitrogens is 5. The highest BCUT2D eigenvalue weighted by molar-refractivity contribution is 5.66. The van der Waals surface area contributed by atoms with Gasteiger partial charge in [0.2, 0.25) is 6.43 Å². The Balaban J connectivity index is 1.49. The Kier molecular flexibility index (Phi) is 4.28. The summed E-state index contributed by atoms with van der Waals surface area (Å²) in [7, 11) is 0. The predicted molar refractivity (Wildman–Crippen MR) is 107 cm³/mol. The lowest BCUT2D eigenvalue weighted by Gasteiger charge is -2.19. The minimum Gasteiger partial charge on any atom is -0.311 e. The van der Waals surface area contributed by atoms with E-state index < -0.39 is 11.8 Å². The van der Waals surface area contributed by atoms with Gasteiger partial charge in [-0.1, -0.05) is 6.08 Å². The number of imidazole rings is 1. The molecule has 0 amide bonds. The maximum Gasteiger partial charge on any atom is 0.245 e. The van der Waals surface area contributed by atoms with E-state index in [2.05, 4.69) is 27.2 Å². The standard InChI is InChI=1S/C22H20F2N6/c1-14-11-29-7-4-15(8-19(29)27-14)20-18(3-2-17(9-25)28-20)16-10-26-30(12-16)13-22(5-6-22)21(23)24/h2-4,7,10-12,15,21H,5-6,8,13H2,1H3. The summed E-state index contributed by atoms with van der Waals surface area (Å²) in [5.74, 6) is 0.903. The summed E-state index contributed by atoms with van der Waals surface area (Å²) in [6.07, 6.45) is 8.88. The molecule has 0 spiro atoms. The summed E-state index contributed by atoms with van der Waals surface area (Å²) >= 11 is 0. The van der Waals surface area contributed by atoms with E-state index >= 15 is 0 Å². The molecule has 3 aromatic heterocycles. The van der Waals surface area contributed by atoms with Crippen LogP contribution in [-0.4, -0.2) is 30.7 Å². The van der Waals surface area contributed by atoms with Crippen LogP contribution < -0.4 is 0 Å². The SMILES string of the molecule is Cc1cn2c(n1)CC(c1nc(C#N)ccc1-c1cnn(CC3(C(F)F)CC3)c1)C=C2. The van der Waals surface area contributed by atoms with Crippen molar-refractivity contribution in [3.8, 4) is 17.2 Å². The Hall–Kier alpha value is -3.34. The van der Waals surface area contributed by atoms with Gasteiger partial charge in [0.05, 0.1) is 29.5 Å². The fraction of sp³-hybridized carbons (Fsp3) is 0.364. The normalized spacial score (nSPS) is 19.0. The average molecular weight is 406 g/mol. The Morgan fingerprint density at radius 2 is 2.10 bits per heavy atom. The van der Waals surface area contributed by atoms with E-state index in [0.29, 0.717) is 25.0 Å². The molecule has 1 fully saturated rings. The molecule has 1 unspecified atom stereocenters. The number of pyridine rings is 1. The highest BCUT2D eigenvalue weighted by Crippen LogP contribution is 2.52. The summed E-state index contributed by atoms with van der Waals surface area (Å²) in [5.41, 5.74) is 2.79. The summed E-state index contributed by atoms with van der Waals surface area (Å²) in [6.45, 7) is 2.17. The summed E-state index contributed by atoms with van der Waals surface area (Å²) in [4.78, 5) is 9.16. The molecule has 3 aromatic rings. The third kappa shape index (κ3) is 3.20. The predicted octanol–water partition coefficient (Wildman–Crippen LogP) is 4.18. The Labute approximate surface area is 172 Å². The maximum atomic E-state index is 13.3. The molecule has 0 bridgehead atoms. The number of nitriles is 1. The van der Waals surface area contributed by atoms with Gasteiger partial charge >= 0.3 is 0 Å². The fourth-order valence-corrected chi connectivity index (χ4v) is 4.08. The lowest BCUT2D eigenvalue weighted by molar-refractivity contribution is 0.0491. The van der Waals surface area contributed by atoms with Crippen LogP contribution >= 0.6 is 0 Å². The van der Waals surface area contributed by atoms with Crippen LogP contribution in [0.4, 0.5) is 8.78 Å². The van der Waals surface area contributed by atoms with Crippen molar-refractivity contribution in [1.29, 1.82) is 5.26 Å². The van der Waals surface area contributed by atoms with Gasteiger partial charge in [0.15, 0.2) is 0 Å². The second-order valence-electron chi connectivity index (χ2n) is 8.19. The summed E-state index contributed by atoms with van der Waals surface area (Å²) in [6, 6.07) is 5.64. The van der Waals surface area contributed by atoms with Crippen LogP contribution in [-0.2, 0) is 13.0 Å². The van der Waals surface area contributed by atoms with Crippen LogP contribution in [0.15, 0.2) is 36.8 Å². The third-order valence-electron chi connectivity index (χ3n) is 5.98. The Bertz CT molecular complexity index is 1180. The van der Waals surface area contributed by atoms with Crippen LogP contribution in [0.5, 0.6) is 0 Å². The van der Waals surface area contributed by atoms with E-state index in [1.54, 1.807) is 23.1 Å². The molecule has 152 valence electrons. The second-order valence-corrected chi connectivity index (χ2v) is 8.19. The second kappa shape index (κ2) is 6.87. The van der Waals surface area contributed by atoms with Crippen molar-refractivity contribution in [3.05, 3.63) is 59.7 Å². The highest BCUT2D eigenvalue weighted by Gasteiger charge is 2.51. The van der Waals surface area contributed by atoms with Gasteiger partial charge in [-0.25, -0.2) is 18.7 Å². The lowest BCUT2D eigenvalue weighted by Crippen LogP contribution is -2.20. The summed E-state index contributed by atoms with van der Waals surface area (Å²) < 4.78 is 30.2. The number of nitrogens with zero attached hydrogens (tertiary/aromatic N) is 6. The van der Waals surface area contributed by atoms with E-state index in [-0.39, 0.29) is 12.5 Å². The molecule has 5 rings (SSSR count). The van der Waals surface area contributed by atoms with Crippen molar-refractivity contribution >= 4 is 6.20 Å². The van der Waals surface area contributed by atoms with E-state index in [9.17, 15) is 14.0 Å². The number of alkyl halides is 2. The number of rotatable bonds is 5. The zero-order valence-electron chi connectivity index (χ0n) is 16.5. The Morgan fingerprint density at radius 3 is 2.83 bits per heavy atom. The number of halogens is 2. The first-order valence-electron chi connectivity index (χ1n) is 9.92. The number of fused-ring (bicyclic) bond motifs is 1. The van der Waals surface area contributed by atoms with Crippen LogP contribution in [0.3, 0.4) is 0 Å². The van der Waals surface area contributed by atoms with Crippen molar-refractivity contribution in [2.75, 3.05) is 0 Å². The molecule has 1 atom stereocenters. The smallest absolute Gasteiger partial charge is 0.245 e. The Morgan fingerprint density at radius 1 is 1.27 bits per heavy atom. The molecule has 0 radical (unpaired) electrons. The molecule has 1 aliphatic heterocycles. The molecule has 2 aliphatic rings. The van der Waals surface area contributed by atoms with Crippen molar-refractivity contribution < 1.29 is 8.78 Å². The van der Waals surface area contributed by atoms with Gasteiger partial charge in [-0.15, -0.1) is 0 Å². The molecule has 1 saturated carbocycles. The first-order chi connectivity index (χ1) is 14.5. The minimum atomic E-state index is -2.34. The van der Waals surface area contributed by atoms with Crippen molar-refractivity contribution in [3.63, 3.8) is 0 Å². The van der Waals surface area contributed by atoms with E-state index in [0.717, 1.165) is 28.3 Å². The highest BCUT2D eigenvalue weighted by atomic mass is 19.3. The first-order valence-corrected chi connectivity index (χ1v) is 9.92. The topological polar surface area (TPSA) is 72.3 Å². The van der Waals surface area contributed by atoms with Gasteiger partial charge in [-0.05, 0) is 31.9 Å². The minimum absolute atomic E-state index is 0.0400. The average Bonchev–Trinajstić information content (AvgIpc) is 3.21. The molecule has 0 N–H and O–H groups in total. The van der Waals surface area contributed by atoms with Gasteiger partial charge in [-0.3, -0.25) is 4.68 Å². The largest absolute Gasteiger partial charge is 0.311 e. The van der Waals surface area contributed by atoms with Gasteiger partial charge in [0.25, 0.3) is 0 Å². The summed E-state index contributed by atoms with van der Waals surface area (Å²) in [5, 5.41) is 13.7. The van der Waals surface area contributed by atoms with E-state index in [4.69, 9.17) is 0 Å². The van der Waals surface area contributed by atoms with Crippen LogP contribution in [0.1, 0.15) is 41.7 Å². The number of allylic oxidation sites excluding steroid dienone is 1. The molecular weight excluding hydrogens is 386 g/mol.